The minimum absolute atomic E-state index is 0.0428. The van der Waals surface area contributed by atoms with Crippen molar-refractivity contribution in [1.82, 2.24) is 20.9 Å². The van der Waals surface area contributed by atoms with Gasteiger partial charge in [-0.25, -0.2) is 0 Å². The zero-order chi connectivity index (χ0) is 29.7. The standard InChI is InChI=1S/C14H20N4O.C8H10.C5H9NO2.C5H11N/c1-16-12-5-4-10(7-11(12)8-15)9-18-14(19)13-3-2-6-17-13;1-7-3-5-8(2)6-4-7;7-5-6-1-3-8-4-2-6;1-2-4-6-5-3-1/h4-5,7-8,13,15-17H,2-3,6,9H2,1H3,(H,18,19);3-6H,1-2H3;5H,1-4H2;6H,1-5H2. The van der Waals surface area contributed by atoms with E-state index in [2.05, 4.69) is 59.4 Å². The van der Waals surface area contributed by atoms with Crippen molar-refractivity contribution in [2.75, 3.05) is 58.3 Å². The van der Waals surface area contributed by atoms with Gasteiger partial charge in [0, 0.05) is 44.1 Å². The van der Waals surface area contributed by atoms with Crippen molar-refractivity contribution in [2.45, 2.75) is 58.5 Å². The molecule has 0 aromatic heterocycles. The molecule has 0 spiro atoms. The third-order valence-corrected chi connectivity index (χ3v) is 7.00. The molecule has 226 valence electrons. The molecular weight excluding hydrogens is 516 g/mol. The van der Waals surface area contributed by atoms with Crippen LogP contribution in [0.2, 0.25) is 0 Å². The number of ether oxygens (including phenoxy) is 1. The zero-order valence-corrected chi connectivity index (χ0v) is 25.1. The van der Waals surface area contributed by atoms with Gasteiger partial charge in [0.25, 0.3) is 0 Å². The smallest absolute Gasteiger partial charge is 0.237 e. The molecule has 3 heterocycles. The molecule has 5 N–H and O–H groups in total. The number of anilines is 1. The fourth-order valence-electron chi connectivity index (χ4n) is 4.41. The average molecular weight is 567 g/mol. The Morgan fingerprint density at radius 2 is 1.66 bits per heavy atom. The van der Waals surface area contributed by atoms with Gasteiger partial charge >= 0.3 is 0 Å². The fraction of sp³-hybridized carbons (Fsp3) is 0.531. The van der Waals surface area contributed by atoms with Crippen LogP contribution in [0.1, 0.15) is 54.4 Å². The van der Waals surface area contributed by atoms with Gasteiger partial charge in [0.2, 0.25) is 12.3 Å². The Labute approximate surface area is 246 Å². The summed E-state index contributed by atoms with van der Waals surface area (Å²) < 4.78 is 5.00. The molecule has 3 aliphatic rings. The first-order valence-corrected chi connectivity index (χ1v) is 14.8. The maximum absolute atomic E-state index is 11.9. The minimum Gasteiger partial charge on any atom is -0.388 e. The van der Waals surface area contributed by atoms with Crippen LogP contribution in [0.4, 0.5) is 5.69 Å². The van der Waals surface area contributed by atoms with Crippen molar-refractivity contribution >= 4 is 24.2 Å². The molecule has 0 saturated carbocycles. The second-order valence-corrected chi connectivity index (χ2v) is 10.4. The second kappa shape index (κ2) is 20.6. The molecule has 2 aromatic carbocycles. The van der Waals surface area contributed by atoms with E-state index in [1.807, 2.05) is 25.2 Å². The van der Waals surface area contributed by atoms with Crippen LogP contribution in [0.3, 0.4) is 0 Å². The Hall–Kier alpha value is -3.27. The first kappa shape index (κ1) is 33.9. The largest absolute Gasteiger partial charge is 0.388 e. The van der Waals surface area contributed by atoms with Crippen molar-refractivity contribution in [2.24, 2.45) is 0 Å². The van der Waals surface area contributed by atoms with Crippen molar-refractivity contribution in [3.8, 4) is 0 Å². The van der Waals surface area contributed by atoms with Gasteiger partial charge in [-0.1, -0.05) is 47.9 Å². The number of hydrogen-bond donors (Lipinski definition) is 5. The first-order chi connectivity index (χ1) is 20.0. The molecule has 1 unspecified atom stereocenters. The van der Waals surface area contributed by atoms with E-state index >= 15 is 0 Å². The Bertz CT molecular complexity index is 982. The third kappa shape index (κ3) is 14.3. The van der Waals surface area contributed by atoms with Gasteiger partial charge in [-0.3, -0.25) is 9.59 Å². The van der Waals surface area contributed by atoms with Gasteiger partial charge in [0.15, 0.2) is 0 Å². The molecule has 1 atom stereocenters. The Morgan fingerprint density at radius 1 is 1.00 bits per heavy atom. The van der Waals surface area contributed by atoms with Crippen LogP contribution in [0.15, 0.2) is 42.5 Å². The lowest BCUT2D eigenvalue weighted by atomic mass is 10.1. The van der Waals surface area contributed by atoms with E-state index in [4.69, 9.17) is 10.1 Å². The number of carbonyl (C=O) groups excluding carboxylic acids is 2. The van der Waals surface area contributed by atoms with Crippen LogP contribution in [-0.2, 0) is 20.9 Å². The average Bonchev–Trinajstić information content (AvgIpc) is 3.59. The summed E-state index contributed by atoms with van der Waals surface area (Å²) in [6.07, 6.45) is 8.37. The summed E-state index contributed by atoms with van der Waals surface area (Å²) >= 11 is 0. The highest BCUT2D eigenvalue weighted by Crippen LogP contribution is 2.15. The van der Waals surface area contributed by atoms with Gasteiger partial charge in [-0.2, -0.15) is 0 Å². The first-order valence-electron chi connectivity index (χ1n) is 14.8. The van der Waals surface area contributed by atoms with E-state index in [0.717, 1.165) is 55.7 Å². The second-order valence-electron chi connectivity index (χ2n) is 10.4. The van der Waals surface area contributed by atoms with E-state index in [9.17, 15) is 9.59 Å². The van der Waals surface area contributed by atoms with Crippen LogP contribution in [0.25, 0.3) is 0 Å². The summed E-state index contributed by atoms with van der Waals surface area (Å²) in [5, 5.41) is 19.8. The molecule has 3 saturated heterocycles. The van der Waals surface area contributed by atoms with Crippen molar-refractivity contribution in [3.63, 3.8) is 0 Å². The summed E-state index contributed by atoms with van der Waals surface area (Å²) in [5.41, 5.74) is 5.41. The number of amides is 2. The van der Waals surface area contributed by atoms with Gasteiger partial charge in [0.1, 0.15) is 0 Å². The number of rotatable bonds is 6. The van der Waals surface area contributed by atoms with E-state index in [0.29, 0.717) is 19.8 Å². The Balaban J connectivity index is 0.000000219. The van der Waals surface area contributed by atoms with Crippen molar-refractivity contribution in [1.29, 1.82) is 5.41 Å². The molecule has 5 rings (SSSR count). The number of carbonyl (C=O) groups is 2. The number of morpholine rings is 1. The summed E-state index contributed by atoms with van der Waals surface area (Å²) in [6, 6.07) is 14.2. The SMILES string of the molecule is C1CCNCC1.CNc1ccc(CNC(=O)C2CCCN2)cc1C=N.Cc1ccc(C)cc1.O=CN1CCOCC1. The summed E-state index contributed by atoms with van der Waals surface area (Å²) in [7, 11) is 1.83. The van der Waals surface area contributed by atoms with Crippen molar-refractivity contribution < 1.29 is 14.3 Å². The molecular formula is C32H50N6O3. The summed E-state index contributed by atoms with van der Waals surface area (Å²) in [5.74, 6) is 0.0617. The topological polar surface area (TPSA) is 119 Å². The molecule has 0 aliphatic carbocycles. The van der Waals surface area contributed by atoms with Gasteiger partial charge in [-0.15, -0.1) is 0 Å². The van der Waals surface area contributed by atoms with Crippen LogP contribution in [0, 0.1) is 19.3 Å². The number of aryl methyl sites for hydroxylation is 2. The highest BCUT2D eigenvalue weighted by atomic mass is 16.5. The Morgan fingerprint density at radius 3 is 2.10 bits per heavy atom. The fourth-order valence-corrected chi connectivity index (χ4v) is 4.41. The maximum Gasteiger partial charge on any atom is 0.237 e. The molecule has 0 bridgehead atoms. The number of nitrogens with zero attached hydrogens (tertiary/aromatic N) is 1. The zero-order valence-electron chi connectivity index (χ0n) is 25.1. The number of benzene rings is 2. The van der Waals surface area contributed by atoms with E-state index in [-0.39, 0.29) is 11.9 Å². The predicted octanol–water partition coefficient (Wildman–Crippen LogP) is 3.63. The maximum atomic E-state index is 11.9. The molecule has 0 radical (unpaired) electrons. The summed E-state index contributed by atoms with van der Waals surface area (Å²) in [4.78, 5) is 23.6. The number of piperidine rings is 1. The molecule has 2 aromatic rings. The van der Waals surface area contributed by atoms with Gasteiger partial charge < -0.3 is 36.3 Å². The quantitative estimate of drug-likeness (QED) is 0.269. The van der Waals surface area contributed by atoms with Gasteiger partial charge in [-0.05, 0) is 76.9 Å². The van der Waals surface area contributed by atoms with E-state index < -0.39 is 0 Å². The lowest BCUT2D eigenvalue weighted by Gasteiger charge is -2.21. The molecule has 9 heteroatoms. The van der Waals surface area contributed by atoms with Crippen LogP contribution >= 0.6 is 0 Å². The third-order valence-electron chi connectivity index (χ3n) is 7.00. The number of hydrogen-bond acceptors (Lipinski definition) is 7. The van der Waals surface area contributed by atoms with Crippen LogP contribution in [-0.4, -0.2) is 82.5 Å². The van der Waals surface area contributed by atoms with Gasteiger partial charge in [0.05, 0.1) is 19.3 Å². The molecule has 3 aliphatic heterocycles. The van der Waals surface area contributed by atoms with Crippen molar-refractivity contribution in [3.05, 3.63) is 64.7 Å². The normalized spacial score (nSPS) is 17.7. The minimum atomic E-state index is -0.0428. The molecule has 9 nitrogen and oxygen atoms in total. The van der Waals surface area contributed by atoms with E-state index in [1.165, 1.54) is 49.7 Å². The lowest BCUT2D eigenvalue weighted by molar-refractivity contribution is -0.123. The van der Waals surface area contributed by atoms with Crippen LogP contribution in [0.5, 0.6) is 0 Å². The monoisotopic (exact) mass is 566 g/mol. The highest BCUT2D eigenvalue weighted by molar-refractivity contribution is 5.86. The summed E-state index contributed by atoms with van der Waals surface area (Å²) in [6.45, 7) is 11.0. The number of nitrogens with one attached hydrogen (secondary N) is 5. The molecule has 2 amide bonds. The lowest BCUT2D eigenvalue weighted by Crippen LogP contribution is -2.40. The van der Waals surface area contributed by atoms with E-state index in [1.54, 1.807) is 4.90 Å². The predicted molar refractivity (Wildman–Crippen MR) is 168 cm³/mol. The Kier molecular flexibility index (Phi) is 17.0. The van der Waals surface area contributed by atoms with Crippen LogP contribution < -0.4 is 21.3 Å². The molecule has 41 heavy (non-hydrogen) atoms. The highest BCUT2D eigenvalue weighted by Gasteiger charge is 2.21. The molecule has 3 fully saturated rings.